The zero-order chi connectivity index (χ0) is 25.3. The van der Waals surface area contributed by atoms with Gasteiger partial charge in [0.15, 0.2) is 0 Å². The van der Waals surface area contributed by atoms with E-state index in [0.29, 0.717) is 0 Å². The summed E-state index contributed by atoms with van der Waals surface area (Å²) in [6.07, 6.45) is 38.7. The molecule has 0 saturated carbocycles. The summed E-state index contributed by atoms with van der Waals surface area (Å²) in [5, 5.41) is 0. The van der Waals surface area contributed by atoms with Crippen LogP contribution in [-0.4, -0.2) is 22.8 Å². The molecule has 0 aliphatic carbocycles. The van der Waals surface area contributed by atoms with Crippen molar-refractivity contribution in [3.8, 4) is 0 Å². The maximum atomic E-state index is 4.96. The van der Waals surface area contributed by atoms with Crippen molar-refractivity contribution in [3.63, 3.8) is 0 Å². The van der Waals surface area contributed by atoms with E-state index in [1.54, 1.807) is 0 Å². The second-order valence-corrected chi connectivity index (χ2v) is 10.3. The first-order valence-corrected chi connectivity index (χ1v) is 14.2. The van der Waals surface area contributed by atoms with E-state index in [1.165, 1.54) is 76.2 Å². The van der Waals surface area contributed by atoms with E-state index in [2.05, 4.69) is 36.2 Å². The number of hydrogen-bond acceptors (Lipinski definition) is 4. The normalized spacial score (nSPS) is 19.2. The number of hydrogen-bond donors (Lipinski definition) is 0. The lowest BCUT2D eigenvalue weighted by Crippen LogP contribution is -1.97. The molecule has 0 unspecified atom stereocenters. The van der Waals surface area contributed by atoms with Gasteiger partial charge in [0.1, 0.15) is 0 Å². The quantitative estimate of drug-likeness (QED) is 0.246. The largest absolute Gasteiger partial charge is 0.249 e. The van der Waals surface area contributed by atoms with Crippen molar-refractivity contribution < 1.29 is 0 Å². The first-order chi connectivity index (χ1) is 18.2. The van der Waals surface area contributed by atoms with Crippen LogP contribution < -0.4 is 0 Å². The first-order valence-electron chi connectivity index (χ1n) is 14.2. The van der Waals surface area contributed by atoms with Crippen LogP contribution >= 0.6 is 0 Å². The molecule has 0 atom stereocenters. The summed E-state index contributed by atoms with van der Waals surface area (Å²) in [7, 11) is 0. The lowest BCUT2D eigenvalue weighted by atomic mass is 10.0. The number of fused-ring (bicyclic) bond motifs is 4. The summed E-state index contributed by atoms with van der Waals surface area (Å²) in [4.78, 5) is 19.2. The van der Waals surface area contributed by atoms with Crippen molar-refractivity contribution in [3.05, 3.63) is 95.2 Å². The number of nitrogens with zero attached hydrogens (tertiary/aromatic N) is 4. The Labute approximate surface area is 221 Å². The minimum Gasteiger partial charge on any atom is -0.249 e. The summed E-state index contributed by atoms with van der Waals surface area (Å²) in [6.45, 7) is 2.28. The van der Waals surface area contributed by atoms with Crippen molar-refractivity contribution in [1.29, 1.82) is 0 Å². The smallest absolute Gasteiger partial charge is 0.0691 e. The molecule has 0 spiro atoms. The van der Waals surface area contributed by atoms with Crippen molar-refractivity contribution in [2.45, 2.75) is 84.0 Å². The van der Waals surface area contributed by atoms with Crippen LogP contribution in [0.2, 0.25) is 0 Å². The molecule has 0 aromatic carbocycles. The Kier molecular flexibility index (Phi) is 8.68. The highest BCUT2D eigenvalue weighted by Gasteiger charge is 2.16. The lowest BCUT2D eigenvalue weighted by molar-refractivity contribution is 0.550. The van der Waals surface area contributed by atoms with Crippen LogP contribution in [-0.2, 0) is 0 Å². The molecular weight excluding hydrogens is 452 g/mol. The molecule has 0 amide bonds. The zero-order valence-corrected chi connectivity index (χ0v) is 22.1. The van der Waals surface area contributed by atoms with Crippen molar-refractivity contribution in [2.75, 3.05) is 0 Å². The Hall–Kier alpha value is -3.40. The lowest BCUT2D eigenvalue weighted by Gasteiger charge is -2.05. The summed E-state index contributed by atoms with van der Waals surface area (Å²) in [5.41, 5.74) is 8.82. The van der Waals surface area contributed by atoms with Crippen molar-refractivity contribution in [1.82, 2.24) is 0 Å². The maximum Gasteiger partial charge on any atom is 0.0691 e. The van der Waals surface area contributed by atoms with E-state index in [1.807, 2.05) is 42.5 Å². The van der Waals surface area contributed by atoms with Gasteiger partial charge in [0, 0.05) is 0 Å². The third kappa shape index (κ3) is 7.31. The van der Waals surface area contributed by atoms with Gasteiger partial charge in [0.05, 0.1) is 45.6 Å². The molecule has 5 aliphatic rings. The number of unbranched alkanes of at least 4 members (excludes halogenated alkanes) is 10. The van der Waals surface area contributed by atoms with Gasteiger partial charge in [-0.2, -0.15) is 0 Å². The molecule has 0 aromatic rings. The van der Waals surface area contributed by atoms with Crippen molar-refractivity contribution in [2.24, 2.45) is 20.0 Å². The Bertz CT molecular complexity index is 1260. The maximum absolute atomic E-state index is 4.96. The topological polar surface area (TPSA) is 49.4 Å². The van der Waals surface area contributed by atoms with Crippen LogP contribution in [0.25, 0.3) is 0 Å². The number of allylic oxidation sites excluding steroid dienone is 12. The van der Waals surface area contributed by atoms with E-state index in [9.17, 15) is 0 Å². The van der Waals surface area contributed by atoms with Gasteiger partial charge in [-0.05, 0) is 85.3 Å². The van der Waals surface area contributed by atoms with Gasteiger partial charge in [-0.25, -0.2) is 20.0 Å². The highest BCUT2D eigenvalue weighted by Crippen LogP contribution is 2.26. The van der Waals surface area contributed by atoms with E-state index in [-0.39, 0.29) is 0 Å². The van der Waals surface area contributed by atoms with Gasteiger partial charge in [-0.1, -0.05) is 71.1 Å². The summed E-state index contributed by atoms with van der Waals surface area (Å²) < 4.78 is 0. The molecule has 190 valence electrons. The fraction of sp³-hybridized carbons (Fsp3) is 0.394. The van der Waals surface area contributed by atoms with E-state index >= 15 is 0 Å². The fourth-order valence-electron chi connectivity index (χ4n) is 5.13. The molecule has 0 N–H and O–H groups in total. The van der Waals surface area contributed by atoms with Crippen molar-refractivity contribution >= 4 is 22.8 Å². The van der Waals surface area contributed by atoms with Gasteiger partial charge in [0.2, 0.25) is 0 Å². The molecular formula is C33H38N4. The summed E-state index contributed by atoms with van der Waals surface area (Å²) in [6, 6.07) is 0. The van der Waals surface area contributed by atoms with Gasteiger partial charge in [-0.3, -0.25) is 0 Å². The Morgan fingerprint density at radius 3 is 1.43 bits per heavy atom. The van der Waals surface area contributed by atoms with Crippen LogP contribution in [0.4, 0.5) is 0 Å². The van der Waals surface area contributed by atoms with Gasteiger partial charge < -0.3 is 0 Å². The zero-order valence-electron chi connectivity index (χ0n) is 22.1. The molecule has 37 heavy (non-hydrogen) atoms. The standard InChI is InChI=1S/C33H38N4/c1-2-3-4-5-6-7-8-9-10-11-12-13-25-20-32-23-30-17-16-28(35-30)21-26-14-15-27(34-26)22-29-18-19-31(36-29)24-33(25)37-32/h14-24H,2-13H2,1H3. The van der Waals surface area contributed by atoms with Crippen LogP contribution in [0, 0.1) is 0 Å². The fourth-order valence-corrected chi connectivity index (χ4v) is 5.13. The molecule has 5 heterocycles. The summed E-state index contributed by atoms with van der Waals surface area (Å²) >= 11 is 0. The van der Waals surface area contributed by atoms with Crippen LogP contribution in [0.1, 0.15) is 84.0 Å². The highest BCUT2D eigenvalue weighted by atomic mass is 14.8. The van der Waals surface area contributed by atoms with Gasteiger partial charge in [-0.15, -0.1) is 0 Å². The Morgan fingerprint density at radius 2 is 0.892 bits per heavy atom. The van der Waals surface area contributed by atoms with E-state index < -0.39 is 0 Å². The van der Waals surface area contributed by atoms with Crippen LogP contribution in [0.3, 0.4) is 0 Å². The molecule has 8 bridgehead atoms. The molecule has 4 nitrogen and oxygen atoms in total. The summed E-state index contributed by atoms with van der Waals surface area (Å²) in [5.74, 6) is 0. The predicted molar refractivity (Wildman–Crippen MR) is 159 cm³/mol. The number of rotatable bonds is 12. The molecule has 0 aromatic heterocycles. The molecule has 0 fully saturated rings. The first kappa shape index (κ1) is 25.3. The minimum absolute atomic E-state index is 0.907. The minimum atomic E-state index is 0.907. The second-order valence-electron chi connectivity index (χ2n) is 10.3. The van der Waals surface area contributed by atoms with Crippen LogP contribution in [0.15, 0.2) is 115 Å². The molecule has 4 heteroatoms. The SMILES string of the molecule is CCCCCCCCCCCCCC1=CC2=CC3=NC(=CC4=NC(=CC5=NC(=CC1=N2)C=C5)C=C4)C=C3. The number of aliphatic imine (C=N–C) groups is 4. The predicted octanol–water partition coefficient (Wildman–Crippen LogP) is 8.65. The Balaban J connectivity index is 1.21. The van der Waals surface area contributed by atoms with E-state index in [0.717, 1.165) is 52.1 Å². The van der Waals surface area contributed by atoms with E-state index in [4.69, 9.17) is 15.0 Å². The second kappa shape index (κ2) is 12.7. The van der Waals surface area contributed by atoms with Gasteiger partial charge >= 0.3 is 0 Å². The Morgan fingerprint density at radius 1 is 0.432 bits per heavy atom. The van der Waals surface area contributed by atoms with Crippen LogP contribution in [0.5, 0.6) is 0 Å². The molecule has 5 rings (SSSR count). The third-order valence-corrected chi connectivity index (χ3v) is 7.17. The third-order valence-electron chi connectivity index (χ3n) is 7.17. The monoisotopic (exact) mass is 490 g/mol. The molecule has 0 radical (unpaired) electrons. The average Bonchev–Trinajstić information content (AvgIpc) is 3.68. The molecule has 0 saturated heterocycles. The average molecular weight is 491 g/mol. The van der Waals surface area contributed by atoms with Gasteiger partial charge in [0.25, 0.3) is 0 Å². The highest BCUT2D eigenvalue weighted by molar-refractivity contribution is 6.16. The molecule has 5 aliphatic heterocycles.